The van der Waals surface area contributed by atoms with Crippen LogP contribution in [0.1, 0.15) is 13.3 Å². The lowest BCUT2D eigenvalue weighted by molar-refractivity contribution is 0.120. The zero-order valence-electron chi connectivity index (χ0n) is 12.3. The van der Waals surface area contributed by atoms with Gasteiger partial charge in [0.2, 0.25) is 0 Å². The van der Waals surface area contributed by atoms with Gasteiger partial charge in [0.25, 0.3) is 10.4 Å². The Morgan fingerprint density at radius 3 is 2.10 bits per heavy atom. The molecule has 10 heteroatoms. The lowest BCUT2D eigenvalue weighted by Gasteiger charge is -2.24. The number of carbonyl (C=O) groups excluding carboxylic acids is 1. The second-order valence-electron chi connectivity index (χ2n) is 3.40. The van der Waals surface area contributed by atoms with Crippen LogP contribution in [0.4, 0.5) is 4.79 Å². The predicted octanol–water partition coefficient (Wildman–Crippen LogP) is 1.16. The first-order valence-electron chi connectivity index (χ1n) is 5.91. The fourth-order valence-corrected chi connectivity index (χ4v) is 3.12. The summed E-state index contributed by atoms with van der Waals surface area (Å²) in [5.41, 5.74) is 4.34. The van der Waals surface area contributed by atoms with Crippen molar-refractivity contribution in [3.8, 4) is 0 Å². The third-order valence-corrected chi connectivity index (χ3v) is 5.21. The van der Waals surface area contributed by atoms with Gasteiger partial charge in [-0.25, -0.2) is 0 Å². The first-order valence-corrected chi connectivity index (χ1v) is 8.70. The van der Waals surface area contributed by atoms with Crippen molar-refractivity contribution in [1.29, 1.82) is 0 Å². The summed E-state index contributed by atoms with van der Waals surface area (Å²) in [4.78, 5) is 9.09. The van der Waals surface area contributed by atoms with Gasteiger partial charge in [-0.3, -0.25) is 4.79 Å². The van der Waals surface area contributed by atoms with Gasteiger partial charge < -0.3 is 29.1 Å². The Bertz CT molecular complexity index is 268. The van der Waals surface area contributed by atoms with Crippen LogP contribution in [0.15, 0.2) is 0 Å². The van der Waals surface area contributed by atoms with Crippen LogP contribution in [0.3, 0.4) is 0 Å². The van der Waals surface area contributed by atoms with E-state index in [1.54, 1.807) is 21.3 Å². The number of primary amides is 1. The van der Waals surface area contributed by atoms with E-state index in [1.807, 2.05) is 6.92 Å². The van der Waals surface area contributed by atoms with Gasteiger partial charge in [0.1, 0.15) is 0 Å². The van der Waals surface area contributed by atoms with E-state index < -0.39 is 14.0 Å². The molecule has 0 spiro atoms. The molecule has 3 N–H and O–H groups in total. The Hall–Kier alpha value is -0.393. The van der Waals surface area contributed by atoms with E-state index in [2.05, 4.69) is 23.7 Å². The van der Waals surface area contributed by atoms with E-state index in [4.69, 9.17) is 35.0 Å². The maximum Gasteiger partial charge on any atom is 0.500 e. The molecule has 0 fully saturated rings. The molecule has 20 heavy (non-hydrogen) atoms. The van der Waals surface area contributed by atoms with Crippen LogP contribution in [-0.4, -0.2) is 53.7 Å². The predicted molar refractivity (Wildman–Crippen MR) is 87.0 cm³/mol. The number of thiocarbonyl (C=S) groups is 1. The molecule has 0 atom stereocenters. The molecule has 0 aliphatic carbocycles. The number of ether oxygens (including phenoxy) is 1. The minimum atomic E-state index is -2.45. The van der Waals surface area contributed by atoms with Crippen LogP contribution < -0.4 is 11.1 Å². The Morgan fingerprint density at radius 2 is 1.75 bits per heavy atom. The molecule has 0 saturated carbocycles. The average Bonchev–Trinajstić information content (AvgIpc) is 2.39. The smallest absolute Gasteiger partial charge is 0.471 e. The van der Waals surface area contributed by atoms with Crippen molar-refractivity contribution in [2.45, 2.75) is 19.4 Å². The standard InChI is InChI=1S/C9H21NO4SSi.CH3NOS/c1-5-10-9(15)14-7-6-8-16(11-2,12-3)13-4;2-1(3)4/h5-8H2,1-4H3,(H,10,15);(H3,2,3,4). The van der Waals surface area contributed by atoms with Gasteiger partial charge in [0.15, 0.2) is 0 Å². The van der Waals surface area contributed by atoms with Gasteiger partial charge in [0, 0.05) is 33.9 Å². The fourth-order valence-electron chi connectivity index (χ4n) is 1.21. The Balaban J connectivity index is 0. The number of nitrogens with two attached hydrogens (primary N) is 1. The molecule has 0 aromatic carbocycles. The normalized spacial score (nSPS) is 10.2. The van der Waals surface area contributed by atoms with Gasteiger partial charge in [-0.2, -0.15) is 0 Å². The van der Waals surface area contributed by atoms with Crippen LogP contribution in [-0.2, 0) is 18.0 Å². The van der Waals surface area contributed by atoms with Gasteiger partial charge >= 0.3 is 8.80 Å². The van der Waals surface area contributed by atoms with Gasteiger partial charge in [-0.05, 0) is 25.6 Å². The maximum atomic E-state index is 9.09. The van der Waals surface area contributed by atoms with E-state index in [-0.39, 0.29) is 0 Å². The van der Waals surface area contributed by atoms with Crippen LogP contribution >= 0.6 is 24.8 Å². The minimum absolute atomic E-state index is 0.432. The summed E-state index contributed by atoms with van der Waals surface area (Å²) in [6.07, 6.45) is 0.785. The molecule has 0 heterocycles. The molecule has 7 nitrogen and oxygen atoms in total. The Morgan fingerprint density at radius 1 is 1.30 bits per heavy atom. The van der Waals surface area contributed by atoms with Crippen molar-refractivity contribution in [2.24, 2.45) is 5.73 Å². The third-order valence-electron chi connectivity index (χ3n) is 2.11. The Labute approximate surface area is 132 Å². The highest BCUT2D eigenvalue weighted by Gasteiger charge is 2.36. The summed E-state index contributed by atoms with van der Waals surface area (Å²) >= 11 is 8.03. The molecule has 0 aliphatic heterocycles. The summed E-state index contributed by atoms with van der Waals surface area (Å²) in [6, 6.07) is 0.714. The second kappa shape index (κ2) is 13.6. The van der Waals surface area contributed by atoms with Crippen molar-refractivity contribution in [3.05, 3.63) is 0 Å². The molecule has 120 valence electrons. The van der Waals surface area contributed by atoms with Gasteiger partial charge in [-0.15, -0.1) is 0 Å². The number of hydrogen-bond donors (Lipinski definition) is 3. The van der Waals surface area contributed by atoms with E-state index in [9.17, 15) is 0 Å². The lowest BCUT2D eigenvalue weighted by atomic mass is 10.5. The highest BCUT2D eigenvalue weighted by atomic mass is 32.1. The largest absolute Gasteiger partial charge is 0.500 e. The number of thiol groups is 1. The SMILES string of the molecule is CCNC(=S)OCCC[Si](OC)(OC)OC.NC(=O)S. The fraction of sp³-hybridized carbons (Fsp3) is 0.800. The molecule has 0 rings (SSSR count). The molecule has 0 aromatic rings. The molecular formula is C10H24N2O5S2Si. The zero-order chi connectivity index (χ0) is 16.0. The van der Waals surface area contributed by atoms with Crippen LogP contribution in [0.2, 0.25) is 6.04 Å². The van der Waals surface area contributed by atoms with E-state index in [1.165, 1.54) is 0 Å². The van der Waals surface area contributed by atoms with Crippen molar-refractivity contribution >= 4 is 44.1 Å². The van der Waals surface area contributed by atoms with Gasteiger partial charge in [0.05, 0.1) is 6.61 Å². The van der Waals surface area contributed by atoms with Crippen molar-refractivity contribution in [3.63, 3.8) is 0 Å². The van der Waals surface area contributed by atoms with Crippen molar-refractivity contribution < 1.29 is 22.8 Å². The molecule has 0 aliphatic rings. The molecule has 0 unspecified atom stereocenters. The van der Waals surface area contributed by atoms with E-state index >= 15 is 0 Å². The van der Waals surface area contributed by atoms with E-state index in [0.29, 0.717) is 17.8 Å². The second-order valence-corrected chi connectivity index (χ2v) is 7.31. The summed E-state index contributed by atoms with van der Waals surface area (Å²) < 4.78 is 21.1. The summed E-state index contributed by atoms with van der Waals surface area (Å²) in [6.45, 7) is 3.27. The molecular weight excluding hydrogens is 320 g/mol. The maximum absolute atomic E-state index is 9.09. The first-order chi connectivity index (χ1) is 9.37. The van der Waals surface area contributed by atoms with Crippen LogP contribution in [0.25, 0.3) is 0 Å². The Kier molecular flexibility index (Phi) is 14.9. The highest BCUT2D eigenvalue weighted by Crippen LogP contribution is 2.14. The highest BCUT2D eigenvalue weighted by molar-refractivity contribution is 7.96. The number of rotatable bonds is 8. The monoisotopic (exact) mass is 344 g/mol. The summed E-state index contributed by atoms with van der Waals surface area (Å²) in [5, 5.41) is 2.71. The van der Waals surface area contributed by atoms with Crippen molar-refractivity contribution in [1.82, 2.24) is 5.32 Å². The molecule has 0 bridgehead atoms. The zero-order valence-corrected chi connectivity index (χ0v) is 15.0. The van der Waals surface area contributed by atoms with Gasteiger partial charge in [-0.1, -0.05) is 12.6 Å². The molecule has 0 radical (unpaired) electrons. The number of nitrogens with one attached hydrogen (secondary N) is 1. The molecule has 1 amide bonds. The number of carbonyl (C=O) groups is 1. The number of amides is 1. The summed E-state index contributed by atoms with van der Waals surface area (Å²) in [7, 11) is 2.35. The number of hydrogen-bond acceptors (Lipinski definition) is 6. The first kappa shape index (κ1) is 21.9. The van der Waals surface area contributed by atoms with Crippen LogP contribution in [0, 0.1) is 0 Å². The summed E-state index contributed by atoms with van der Waals surface area (Å²) in [5.74, 6) is 0. The topological polar surface area (TPSA) is 92.0 Å². The lowest BCUT2D eigenvalue weighted by Crippen LogP contribution is -2.42. The third kappa shape index (κ3) is 12.6. The molecule has 0 saturated heterocycles. The average molecular weight is 345 g/mol. The van der Waals surface area contributed by atoms with Crippen LogP contribution in [0.5, 0.6) is 0 Å². The molecule has 0 aromatic heterocycles. The minimum Gasteiger partial charge on any atom is -0.471 e. The van der Waals surface area contributed by atoms with Crippen molar-refractivity contribution in [2.75, 3.05) is 34.5 Å². The van der Waals surface area contributed by atoms with E-state index in [0.717, 1.165) is 13.0 Å². The quantitative estimate of drug-likeness (QED) is 0.263.